The molecule has 1 amide bonds. The highest BCUT2D eigenvalue weighted by atomic mass is 32.1. The van der Waals surface area contributed by atoms with Gasteiger partial charge in [0.2, 0.25) is 0 Å². The van der Waals surface area contributed by atoms with Crippen molar-refractivity contribution in [2.24, 2.45) is 0 Å². The summed E-state index contributed by atoms with van der Waals surface area (Å²) < 4.78 is 10.4. The van der Waals surface area contributed by atoms with E-state index in [0.29, 0.717) is 10.9 Å². The van der Waals surface area contributed by atoms with E-state index in [9.17, 15) is 9.59 Å². The molecule has 1 atom stereocenters. The Morgan fingerprint density at radius 1 is 1.10 bits per heavy atom. The van der Waals surface area contributed by atoms with Gasteiger partial charge in [0.15, 0.2) is 11.2 Å². The molecule has 0 aliphatic heterocycles. The molecule has 0 aliphatic carbocycles. The van der Waals surface area contributed by atoms with Crippen LogP contribution >= 0.6 is 11.3 Å². The van der Waals surface area contributed by atoms with Crippen molar-refractivity contribution < 1.29 is 19.1 Å². The van der Waals surface area contributed by atoms with Crippen LogP contribution in [0, 0.1) is 0 Å². The summed E-state index contributed by atoms with van der Waals surface area (Å²) in [6.45, 7) is 1.51. The van der Waals surface area contributed by atoms with Gasteiger partial charge in [0.25, 0.3) is 5.91 Å². The minimum Gasteiger partial charge on any atom is -0.496 e. The number of anilines is 1. The van der Waals surface area contributed by atoms with Crippen LogP contribution in [0.25, 0.3) is 17.3 Å². The minimum absolute atomic E-state index is 0.446. The molecule has 6 nitrogen and oxygen atoms in total. The fourth-order valence-electron chi connectivity index (χ4n) is 2.51. The molecule has 0 saturated carbocycles. The number of hydrogen-bond acceptors (Lipinski definition) is 6. The molecule has 0 saturated heterocycles. The van der Waals surface area contributed by atoms with Crippen molar-refractivity contribution >= 4 is 34.4 Å². The second-order valence-corrected chi connectivity index (χ2v) is 6.91. The molecule has 1 heterocycles. The number of para-hydroxylation sites is 1. The fraction of sp³-hybridized carbons (Fsp3) is 0.136. The molecule has 2 aromatic carbocycles. The van der Waals surface area contributed by atoms with E-state index in [1.807, 2.05) is 53.9 Å². The summed E-state index contributed by atoms with van der Waals surface area (Å²) in [6, 6.07) is 16.9. The number of nitrogens with one attached hydrogen (secondary N) is 1. The fourth-order valence-corrected chi connectivity index (χ4v) is 3.23. The molecule has 0 aliphatic rings. The second kappa shape index (κ2) is 9.66. The molecule has 0 radical (unpaired) electrons. The maximum atomic E-state index is 12.3. The number of rotatable bonds is 7. The van der Waals surface area contributed by atoms with Crippen molar-refractivity contribution in [3.05, 3.63) is 71.6 Å². The van der Waals surface area contributed by atoms with E-state index in [2.05, 4.69) is 10.3 Å². The highest BCUT2D eigenvalue weighted by Gasteiger charge is 2.18. The van der Waals surface area contributed by atoms with Crippen LogP contribution < -0.4 is 10.1 Å². The third-order valence-electron chi connectivity index (χ3n) is 4.00. The van der Waals surface area contributed by atoms with Gasteiger partial charge in [0, 0.05) is 22.6 Å². The van der Waals surface area contributed by atoms with Gasteiger partial charge in [-0.25, -0.2) is 9.78 Å². The number of hydrogen-bond donors (Lipinski definition) is 1. The summed E-state index contributed by atoms with van der Waals surface area (Å²) in [5.41, 5.74) is 2.47. The van der Waals surface area contributed by atoms with Crippen molar-refractivity contribution in [3.8, 4) is 17.0 Å². The number of esters is 1. The first-order valence-corrected chi connectivity index (χ1v) is 9.78. The lowest BCUT2D eigenvalue weighted by molar-refractivity contribution is -0.148. The molecule has 7 heteroatoms. The van der Waals surface area contributed by atoms with Crippen molar-refractivity contribution in [3.63, 3.8) is 0 Å². The number of carbonyl (C=O) groups excluding carboxylic acids is 2. The Bertz CT molecular complexity index is 1010. The average molecular weight is 408 g/mol. The van der Waals surface area contributed by atoms with Gasteiger partial charge < -0.3 is 9.47 Å². The van der Waals surface area contributed by atoms with Crippen molar-refractivity contribution in [1.82, 2.24) is 4.98 Å². The molecule has 0 fully saturated rings. The van der Waals surface area contributed by atoms with E-state index < -0.39 is 18.0 Å². The minimum atomic E-state index is -0.964. The summed E-state index contributed by atoms with van der Waals surface area (Å²) in [4.78, 5) is 28.7. The van der Waals surface area contributed by atoms with Crippen LogP contribution in [-0.4, -0.2) is 30.1 Å². The lowest BCUT2D eigenvalue weighted by atomic mass is 10.2. The summed E-state index contributed by atoms with van der Waals surface area (Å²) >= 11 is 1.31. The standard InChI is InChI=1S/C22H20N2O4S/c1-15(28-20(25)13-12-17-10-6-7-11-19(17)27-2)21(26)24-22-23-18(14-29-22)16-8-4-3-5-9-16/h3-15H,1-2H3,(H,23,24,26)/b13-12+/t15-/m1/s1. The molecule has 29 heavy (non-hydrogen) atoms. The zero-order chi connectivity index (χ0) is 20.6. The molecule has 0 bridgehead atoms. The SMILES string of the molecule is COc1ccccc1/C=C/C(=O)O[C@H](C)C(=O)Nc1nc(-c2ccccc2)cs1. The Hall–Kier alpha value is -3.45. The first kappa shape index (κ1) is 20.3. The number of thiazole rings is 1. The third kappa shape index (κ3) is 5.52. The Kier molecular flexibility index (Phi) is 6.76. The maximum absolute atomic E-state index is 12.3. The van der Waals surface area contributed by atoms with Gasteiger partial charge in [-0.3, -0.25) is 10.1 Å². The van der Waals surface area contributed by atoms with Crippen LogP contribution in [0.4, 0.5) is 5.13 Å². The van der Waals surface area contributed by atoms with Crippen molar-refractivity contribution in [2.45, 2.75) is 13.0 Å². The highest BCUT2D eigenvalue weighted by molar-refractivity contribution is 7.14. The third-order valence-corrected chi connectivity index (χ3v) is 4.76. The van der Waals surface area contributed by atoms with Crippen LogP contribution in [0.2, 0.25) is 0 Å². The van der Waals surface area contributed by atoms with E-state index in [1.54, 1.807) is 19.3 Å². The van der Waals surface area contributed by atoms with Crippen LogP contribution in [0.15, 0.2) is 66.1 Å². The van der Waals surface area contributed by atoms with Crippen LogP contribution in [-0.2, 0) is 14.3 Å². The van der Waals surface area contributed by atoms with E-state index in [4.69, 9.17) is 9.47 Å². The summed E-state index contributed by atoms with van der Waals surface area (Å²) in [5, 5.41) is 4.98. The number of methoxy groups -OCH3 is 1. The monoisotopic (exact) mass is 408 g/mol. The lowest BCUT2D eigenvalue weighted by Crippen LogP contribution is -2.29. The van der Waals surface area contributed by atoms with Gasteiger partial charge in [-0.1, -0.05) is 48.5 Å². The molecular formula is C22H20N2O4S. The predicted octanol–water partition coefficient (Wildman–Crippen LogP) is 4.40. The zero-order valence-corrected chi connectivity index (χ0v) is 16.8. The Morgan fingerprint density at radius 2 is 1.83 bits per heavy atom. The molecular weight excluding hydrogens is 388 g/mol. The normalized spacial score (nSPS) is 11.8. The Labute approximate surface area is 172 Å². The number of carbonyl (C=O) groups is 2. The number of benzene rings is 2. The molecule has 0 unspecified atom stereocenters. The topological polar surface area (TPSA) is 77.5 Å². The van der Waals surface area contributed by atoms with Crippen molar-refractivity contribution in [2.75, 3.05) is 12.4 Å². The highest BCUT2D eigenvalue weighted by Crippen LogP contribution is 2.24. The number of aromatic nitrogens is 1. The van der Waals surface area contributed by atoms with Gasteiger partial charge >= 0.3 is 5.97 Å². The molecule has 0 spiro atoms. The molecule has 148 valence electrons. The number of amides is 1. The number of ether oxygens (including phenoxy) is 2. The average Bonchev–Trinajstić information content (AvgIpc) is 3.21. The lowest BCUT2D eigenvalue weighted by Gasteiger charge is -2.10. The van der Waals surface area contributed by atoms with Gasteiger partial charge in [-0.05, 0) is 19.1 Å². The van der Waals surface area contributed by atoms with E-state index in [0.717, 1.165) is 16.8 Å². The smallest absolute Gasteiger partial charge is 0.331 e. The Balaban J connectivity index is 1.56. The number of nitrogens with zero attached hydrogens (tertiary/aromatic N) is 1. The second-order valence-electron chi connectivity index (χ2n) is 6.05. The molecule has 3 rings (SSSR count). The molecule has 3 aromatic rings. The van der Waals surface area contributed by atoms with Gasteiger partial charge in [-0.2, -0.15) is 0 Å². The van der Waals surface area contributed by atoms with Crippen LogP contribution in [0.1, 0.15) is 12.5 Å². The zero-order valence-electron chi connectivity index (χ0n) is 16.0. The van der Waals surface area contributed by atoms with E-state index in [-0.39, 0.29) is 0 Å². The van der Waals surface area contributed by atoms with Crippen LogP contribution in [0.5, 0.6) is 5.75 Å². The van der Waals surface area contributed by atoms with Gasteiger partial charge in [0.05, 0.1) is 12.8 Å². The summed E-state index contributed by atoms with van der Waals surface area (Å²) in [7, 11) is 1.55. The largest absolute Gasteiger partial charge is 0.496 e. The first-order chi connectivity index (χ1) is 14.1. The summed E-state index contributed by atoms with van der Waals surface area (Å²) in [6.07, 6.45) is 1.88. The van der Waals surface area contributed by atoms with Crippen LogP contribution in [0.3, 0.4) is 0 Å². The van der Waals surface area contributed by atoms with Gasteiger partial charge in [-0.15, -0.1) is 11.3 Å². The maximum Gasteiger partial charge on any atom is 0.331 e. The molecule has 1 aromatic heterocycles. The first-order valence-electron chi connectivity index (χ1n) is 8.90. The quantitative estimate of drug-likeness (QED) is 0.463. The Morgan fingerprint density at radius 3 is 2.59 bits per heavy atom. The molecule has 1 N–H and O–H groups in total. The van der Waals surface area contributed by atoms with Gasteiger partial charge in [0.1, 0.15) is 5.75 Å². The summed E-state index contributed by atoms with van der Waals surface area (Å²) in [5.74, 6) is -0.430. The van der Waals surface area contributed by atoms with Crippen molar-refractivity contribution in [1.29, 1.82) is 0 Å². The van der Waals surface area contributed by atoms with E-state index >= 15 is 0 Å². The van der Waals surface area contributed by atoms with E-state index in [1.165, 1.54) is 24.3 Å². The predicted molar refractivity (Wildman–Crippen MR) is 114 cm³/mol.